The molecule has 0 unspecified atom stereocenters. The number of pyridine rings is 1. The highest BCUT2D eigenvalue weighted by atomic mass is 15.0. The zero-order valence-corrected chi connectivity index (χ0v) is 22.9. The van der Waals surface area contributed by atoms with Crippen molar-refractivity contribution in [2.75, 3.05) is 0 Å². The molecule has 0 amide bonds. The number of nitrogens with zero attached hydrogens (tertiary/aromatic N) is 5. The molecule has 0 saturated heterocycles. The average Bonchev–Trinajstić information content (AvgIpc) is 3.41. The molecular formula is C38H21N5. The van der Waals surface area contributed by atoms with E-state index < -0.39 is 0 Å². The largest absolute Gasteiger partial charge is 0.309 e. The first-order valence-corrected chi connectivity index (χ1v) is 13.7. The highest BCUT2D eigenvalue weighted by Gasteiger charge is 2.19. The van der Waals surface area contributed by atoms with Gasteiger partial charge in [0, 0.05) is 34.3 Å². The van der Waals surface area contributed by atoms with Crippen LogP contribution in [0, 0.1) is 34.0 Å². The lowest BCUT2D eigenvalue weighted by Crippen LogP contribution is -2.00. The monoisotopic (exact) mass is 547 g/mol. The van der Waals surface area contributed by atoms with Crippen LogP contribution >= 0.6 is 0 Å². The third-order valence-electron chi connectivity index (χ3n) is 7.77. The van der Waals surface area contributed by atoms with Crippen molar-refractivity contribution in [3.63, 3.8) is 0 Å². The molecule has 5 aromatic carbocycles. The summed E-state index contributed by atoms with van der Waals surface area (Å²) in [6.45, 7) is 0. The van der Waals surface area contributed by atoms with Gasteiger partial charge in [-0.1, -0.05) is 60.7 Å². The van der Waals surface area contributed by atoms with Gasteiger partial charge in [-0.2, -0.15) is 15.8 Å². The van der Waals surface area contributed by atoms with E-state index in [1.165, 1.54) is 0 Å². The fraction of sp³-hybridized carbons (Fsp3) is 0. The normalized spacial score (nSPS) is 10.7. The predicted octanol–water partition coefficient (Wildman–Crippen LogP) is 8.79. The standard InChI is InChI=1S/C38H21N5/c39-22-25-16-26(23-40)18-30(17-25)29-10-11-33-32-8-4-5-9-36(32)43(37(33)19-29)38-20-31(24-41)34(28-12-14-42-15-13-28)21-35(38)27-6-2-1-3-7-27/h1-21H. The van der Waals surface area contributed by atoms with Crippen molar-refractivity contribution in [3.8, 4) is 57.3 Å². The molecule has 7 aromatic rings. The van der Waals surface area contributed by atoms with Crippen LogP contribution in [0.2, 0.25) is 0 Å². The van der Waals surface area contributed by atoms with E-state index in [-0.39, 0.29) is 0 Å². The molecule has 0 bridgehead atoms. The van der Waals surface area contributed by atoms with Crippen LogP contribution in [0.4, 0.5) is 0 Å². The Morgan fingerprint density at radius 3 is 1.88 bits per heavy atom. The highest BCUT2D eigenvalue weighted by molar-refractivity contribution is 6.11. The second kappa shape index (κ2) is 10.5. The fourth-order valence-electron chi connectivity index (χ4n) is 5.82. The quantitative estimate of drug-likeness (QED) is 0.220. The summed E-state index contributed by atoms with van der Waals surface area (Å²) in [6.07, 6.45) is 3.47. The maximum Gasteiger partial charge on any atom is 0.0998 e. The van der Waals surface area contributed by atoms with E-state index >= 15 is 0 Å². The van der Waals surface area contributed by atoms with Gasteiger partial charge in [0.1, 0.15) is 0 Å². The summed E-state index contributed by atoms with van der Waals surface area (Å²) in [6, 6.07) is 44.6. The molecule has 0 radical (unpaired) electrons. The van der Waals surface area contributed by atoms with Crippen molar-refractivity contribution in [2.24, 2.45) is 0 Å². The summed E-state index contributed by atoms with van der Waals surface area (Å²) in [7, 11) is 0. The molecule has 0 spiro atoms. The van der Waals surface area contributed by atoms with Crippen LogP contribution in [-0.4, -0.2) is 9.55 Å². The number of benzene rings is 5. The van der Waals surface area contributed by atoms with Crippen molar-refractivity contribution in [1.82, 2.24) is 9.55 Å². The van der Waals surface area contributed by atoms with Crippen molar-refractivity contribution in [1.29, 1.82) is 15.8 Å². The summed E-state index contributed by atoms with van der Waals surface area (Å²) in [5.41, 5.74) is 9.74. The maximum atomic E-state index is 10.4. The molecule has 0 N–H and O–H groups in total. The Bertz CT molecular complexity index is 2280. The molecule has 7 rings (SSSR count). The first kappa shape index (κ1) is 25.5. The van der Waals surface area contributed by atoms with E-state index in [4.69, 9.17) is 0 Å². The van der Waals surface area contributed by atoms with Crippen LogP contribution in [0.15, 0.2) is 128 Å². The molecule has 0 aliphatic heterocycles. The van der Waals surface area contributed by atoms with Gasteiger partial charge < -0.3 is 4.57 Å². The average molecular weight is 548 g/mol. The minimum atomic E-state index is 0.436. The SMILES string of the molecule is N#Cc1cc(C#N)cc(-c2ccc3c4ccccc4n(-c4cc(C#N)c(-c5ccncc5)cc4-c4ccccc4)c3c2)c1. The second-order valence-electron chi connectivity index (χ2n) is 10.2. The Hall–Kier alpha value is -6.48. The van der Waals surface area contributed by atoms with Gasteiger partial charge in [0.2, 0.25) is 0 Å². The van der Waals surface area contributed by atoms with E-state index in [9.17, 15) is 15.8 Å². The van der Waals surface area contributed by atoms with Crippen LogP contribution in [0.25, 0.3) is 60.9 Å². The van der Waals surface area contributed by atoms with Crippen LogP contribution in [0.1, 0.15) is 16.7 Å². The Kier molecular flexibility index (Phi) is 6.22. The summed E-state index contributed by atoms with van der Waals surface area (Å²) in [4.78, 5) is 4.17. The lowest BCUT2D eigenvalue weighted by Gasteiger charge is -2.17. The van der Waals surface area contributed by atoms with Gasteiger partial charge in [0.05, 0.1) is 51.6 Å². The van der Waals surface area contributed by atoms with Crippen LogP contribution < -0.4 is 0 Å². The predicted molar refractivity (Wildman–Crippen MR) is 169 cm³/mol. The molecular weight excluding hydrogens is 526 g/mol. The molecule has 198 valence electrons. The number of hydrogen-bond donors (Lipinski definition) is 0. The molecule has 2 aromatic heterocycles. The van der Waals surface area contributed by atoms with Crippen molar-refractivity contribution in [2.45, 2.75) is 0 Å². The van der Waals surface area contributed by atoms with Crippen molar-refractivity contribution >= 4 is 21.8 Å². The fourth-order valence-corrected chi connectivity index (χ4v) is 5.82. The van der Waals surface area contributed by atoms with Crippen LogP contribution in [0.3, 0.4) is 0 Å². The number of nitriles is 3. The minimum Gasteiger partial charge on any atom is -0.309 e. The molecule has 0 atom stereocenters. The molecule has 43 heavy (non-hydrogen) atoms. The van der Waals surface area contributed by atoms with Gasteiger partial charge in [-0.3, -0.25) is 4.98 Å². The summed E-state index contributed by atoms with van der Waals surface area (Å²) < 4.78 is 2.22. The van der Waals surface area contributed by atoms with Gasteiger partial charge in [-0.15, -0.1) is 0 Å². The van der Waals surface area contributed by atoms with Gasteiger partial charge in [0.25, 0.3) is 0 Å². The van der Waals surface area contributed by atoms with Gasteiger partial charge in [0.15, 0.2) is 0 Å². The molecule has 5 heteroatoms. The first-order chi connectivity index (χ1) is 21.2. The second-order valence-corrected chi connectivity index (χ2v) is 10.2. The Balaban J connectivity index is 1.58. The van der Waals surface area contributed by atoms with E-state index in [1.54, 1.807) is 18.5 Å². The van der Waals surface area contributed by atoms with Gasteiger partial charge in [-0.05, 0) is 76.9 Å². The zero-order chi connectivity index (χ0) is 29.3. The van der Waals surface area contributed by atoms with Gasteiger partial charge in [-0.25, -0.2) is 0 Å². The lowest BCUT2D eigenvalue weighted by molar-refractivity contribution is 1.18. The molecule has 0 aliphatic carbocycles. The molecule has 0 aliphatic rings. The number of rotatable bonds is 4. The Morgan fingerprint density at radius 2 is 1.16 bits per heavy atom. The lowest BCUT2D eigenvalue weighted by atomic mass is 9.93. The minimum absolute atomic E-state index is 0.436. The van der Waals surface area contributed by atoms with Gasteiger partial charge >= 0.3 is 0 Å². The number of para-hydroxylation sites is 1. The molecule has 5 nitrogen and oxygen atoms in total. The molecule has 0 saturated carbocycles. The maximum absolute atomic E-state index is 10.4. The number of fused-ring (bicyclic) bond motifs is 3. The van der Waals surface area contributed by atoms with E-state index in [1.807, 2.05) is 66.7 Å². The third-order valence-corrected chi connectivity index (χ3v) is 7.77. The highest BCUT2D eigenvalue weighted by Crippen LogP contribution is 2.40. The first-order valence-electron chi connectivity index (χ1n) is 13.7. The van der Waals surface area contributed by atoms with E-state index in [0.717, 1.165) is 60.9 Å². The Labute approximate surface area is 248 Å². The topological polar surface area (TPSA) is 89.2 Å². The summed E-state index contributed by atoms with van der Waals surface area (Å²) in [5.74, 6) is 0. The number of hydrogen-bond acceptors (Lipinski definition) is 4. The molecule has 0 fully saturated rings. The van der Waals surface area contributed by atoms with E-state index in [0.29, 0.717) is 16.7 Å². The van der Waals surface area contributed by atoms with Crippen LogP contribution in [0.5, 0.6) is 0 Å². The van der Waals surface area contributed by atoms with E-state index in [2.05, 4.69) is 70.2 Å². The van der Waals surface area contributed by atoms with Crippen molar-refractivity contribution < 1.29 is 0 Å². The zero-order valence-electron chi connectivity index (χ0n) is 22.9. The van der Waals surface area contributed by atoms with Crippen LogP contribution in [-0.2, 0) is 0 Å². The Morgan fingerprint density at radius 1 is 0.488 bits per heavy atom. The third kappa shape index (κ3) is 4.37. The van der Waals surface area contributed by atoms with Crippen molar-refractivity contribution in [3.05, 3.63) is 144 Å². The summed E-state index contributed by atoms with van der Waals surface area (Å²) >= 11 is 0. The smallest absolute Gasteiger partial charge is 0.0998 e. The number of aromatic nitrogens is 2. The summed E-state index contributed by atoms with van der Waals surface area (Å²) in [5, 5.41) is 31.7. The molecule has 2 heterocycles.